The van der Waals surface area contributed by atoms with E-state index in [1.165, 1.54) is 0 Å². The predicted molar refractivity (Wildman–Crippen MR) is 72.9 cm³/mol. The molecule has 0 spiro atoms. The largest absolute Gasteiger partial charge is 0.436 e. The normalized spacial score (nSPS) is 10.2. The molecule has 0 unspecified atom stereocenters. The first kappa shape index (κ1) is 12.9. The van der Waals surface area contributed by atoms with Gasteiger partial charge in [0, 0.05) is 13.2 Å². The molecule has 0 fully saturated rings. The molecule has 1 N–H and O–H groups in total. The van der Waals surface area contributed by atoms with Crippen LogP contribution in [0, 0.1) is 6.92 Å². The van der Waals surface area contributed by atoms with Gasteiger partial charge in [-0.25, -0.2) is 0 Å². The molecule has 0 radical (unpaired) electrons. The van der Waals surface area contributed by atoms with Crippen molar-refractivity contribution in [3.63, 3.8) is 0 Å². The van der Waals surface area contributed by atoms with E-state index >= 15 is 0 Å². The van der Waals surface area contributed by atoms with E-state index in [9.17, 15) is 0 Å². The van der Waals surface area contributed by atoms with Gasteiger partial charge in [-0.2, -0.15) is 4.98 Å². The number of aryl methyl sites for hydroxylation is 1. The average Bonchev–Trinajstić information content (AvgIpc) is 2.35. The number of ether oxygens (including phenoxy) is 1. The predicted octanol–water partition coefficient (Wildman–Crippen LogP) is 3.93. The molecule has 0 saturated heterocycles. The van der Waals surface area contributed by atoms with Gasteiger partial charge in [0.1, 0.15) is 10.8 Å². The molecule has 18 heavy (non-hydrogen) atoms. The number of nitrogens with zero attached hydrogens (tertiary/aromatic N) is 2. The smallest absolute Gasteiger partial charge is 0.240 e. The lowest BCUT2D eigenvalue weighted by atomic mass is 10.3. The molecule has 2 aromatic rings. The Hall–Kier alpha value is -1.52. The lowest BCUT2D eigenvalue weighted by Gasteiger charge is -2.10. The van der Waals surface area contributed by atoms with Gasteiger partial charge >= 0.3 is 0 Å². The monoisotopic (exact) mass is 283 g/mol. The molecule has 0 aliphatic rings. The molecule has 0 aliphatic carbocycles. The van der Waals surface area contributed by atoms with Gasteiger partial charge in [-0.1, -0.05) is 23.2 Å². The molecule has 0 saturated carbocycles. The first-order valence-electron chi connectivity index (χ1n) is 5.25. The Morgan fingerprint density at radius 2 is 2.06 bits per heavy atom. The molecule has 94 valence electrons. The number of pyridine rings is 2. The van der Waals surface area contributed by atoms with Crippen molar-refractivity contribution in [2.45, 2.75) is 6.92 Å². The van der Waals surface area contributed by atoms with E-state index in [0.29, 0.717) is 27.5 Å². The summed E-state index contributed by atoms with van der Waals surface area (Å²) in [5.41, 5.74) is 0.760. The van der Waals surface area contributed by atoms with Crippen molar-refractivity contribution in [2.75, 3.05) is 12.4 Å². The van der Waals surface area contributed by atoms with Gasteiger partial charge in [0.15, 0.2) is 5.75 Å². The minimum absolute atomic E-state index is 0.293. The van der Waals surface area contributed by atoms with Crippen LogP contribution in [0.25, 0.3) is 0 Å². The second-order valence-corrected chi connectivity index (χ2v) is 4.36. The van der Waals surface area contributed by atoms with E-state index in [2.05, 4.69) is 15.3 Å². The summed E-state index contributed by atoms with van der Waals surface area (Å²) in [6.07, 6.45) is 1.69. The van der Waals surface area contributed by atoms with Crippen LogP contribution in [0.2, 0.25) is 10.0 Å². The number of halogens is 2. The highest BCUT2D eigenvalue weighted by Crippen LogP contribution is 2.33. The Bertz CT molecular complexity index is 575. The minimum Gasteiger partial charge on any atom is -0.436 e. The van der Waals surface area contributed by atoms with Crippen molar-refractivity contribution >= 4 is 29.0 Å². The van der Waals surface area contributed by atoms with Crippen molar-refractivity contribution in [1.29, 1.82) is 0 Å². The van der Waals surface area contributed by atoms with Crippen LogP contribution in [0.3, 0.4) is 0 Å². The molecule has 2 heterocycles. The zero-order chi connectivity index (χ0) is 13.1. The van der Waals surface area contributed by atoms with Crippen LogP contribution < -0.4 is 10.1 Å². The Morgan fingerprint density at radius 1 is 1.28 bits per heavy atom. The summed E-state index contributed by atoms with van der Waals surface area (Å²) in [5.74, 6) is 1.41. The fourth-order valence-corrected chi connectivity index (χ4v) is 1.87. The van der Waals surface area contributed by atoms with E-state index < -0.39 is 0 Å². The molecule has 0 amide bonds. The Morgan fingerprint density at radius 3 is 2.72 bits per heavy atom. The van der Waals surface area contributed by atoms with Crippen LogP contribution in [0.1, 0.15) is 5.69 Å². The maximum atomic E-state index is 6.04. The zero-order valence-corrected chi connectivity index (χ0v) is 11.4. The summed E-state index contributed by atoms with van der Waals surface area (Å²) >= 11 is 12.0. The fraction of sp³-hybridized carbons (Fsp3) is 0.167. The van der Waals surface area contributed by atoms with E-state index in [4.69, 9.17) is 27.9 Å². The maximum absolute atomic E-state index is 6.04. The summed E-state index contributed by atoms with van der Waals surface area (Å²) in [5, 5.41) is 3.66. The van der Waals surface area contributed by atoms with Crippen LogP contribution in [0.4, 0.5) is 5.82 Å². The summed E-state index contributed by atoms with van der Waals surface area (Å²) in [4.78, 5) is 8.33. The highest BCUT2D eigenvalue weighted by Gasteiger charge is 2.11. The number of hydrogen-bond donors (Lipinski definition) is 1. The van der Waals surface area contributed by atoms with Crippen molar-refractivity contribution in [2.24, 2.45) is 0 Å². The summed E-state index contributed by atoms with van der Waals surface area (Å²) < 4.78 is 5.63. The van der Waals surface area contributed by atoms with E-state index in [-0.39, 0.29) is 0 Å². The second kappa shape index (κ2) is 5.42. The van der Waals surface area contributed by atoms with Crippen LogP contribution >= 0.6 is 23.2 Å². The van der Waals surface area contributed by atoms with Crippen molar-refractivity contribution in [1.82, 2.24) is 9.97 Å². The van der Waals surface area contributed by atoms with Gasteiger partial charge in [0.05, 0.1) is 10.7 Å². The summed E-state index contributed by atoms with van der Waals surface area (Å²) in [6.45, 7) is 1.85. The van der Waals surface area contributed by atoms with Gasteiger partial charge < -0.3 is 10.1 Å². The van der Waals surface area contributed by atoms with Crippen LogP contribution in [0.5, 0.6) is 11.6 Å². The third-order valence-electron chi connectivity index (χ3n) is 2.30. The SMILES string of the molecule is CNc1nc(Oc2cccnc2C)c(Cl)cc1Cl. The Labute approximate surface area is 115 Å². The topological polar surface area (TPSA) is 47.0 Å². The zero-order valence-electron chi connectivity index (χ0n) is 9.87. The molecular formula is C12H11Cl2N3O. The van der Waals surface area contributed by atoms with Crippen LogP contribution in [-0.2, 0) is 0 Å². The first-order chi connectivity index (χ1) is 8.61. The molecular weight excluding hydrogens is 273 g/mol. The summed E-state index contributed by atoms with van der Waals surface area (Å²) in [6, 6.07) is 5.17. The van der Waals surface area contributed by atoms with Gasteiger partial charge in [-0.3, -0.25) is 4.98 Å². The average molecular weight is 284 g/mol. The lowest BCUT2D eigenvalue weighted by molar-refractivity contribution is 0.457. The first-order valence-corrected chi connectivity index (χ1v) is 6.00. The van der Waals surface area contributed by atoms with Gasteiger partial charge in [0.25, 0.3) is 0 Å². The Balaban J connectivity index is 2.38. The summed E-state index contributed by atoms with van der Waals surface area (Å²) in [7, 11) is 1.72. The van der Waals surface area contributed by atoms with Gasteiger partial charge in [0.2, 0.25) is 5.88 Å². The van der Waals surface area contributed by atoms with Crippen molar-refractivity contribution < 1.29 is 4.74 Å². The molecule has 2 rings (SSSR count). The quantitative estimate of drug-likeness (QED) is 0.927. The highest BCUT2D eigenvalue weighted by molar-refractivity contribution is 6.36. The molecule has 0 aliphatic heterocycles. The molecule has 2 aromatic heterocycles. The van der Waals surface area contributed by atoms with Crippen molar-refractivity contribution in [3.05, 3.63) is 40.1 Å². The molecule has 0 atom stereocenters. The molecule has 0 bridgehead atoms. The number of anilines is 1. The highest BCUT2D eigenvalue weighted by atomic mass is 35.5. The standard InChI is InChI=1S/C12H11Cl2N3O/c1-7-10(4-3-5-16-7)18-12-9(14)6-8(13)11(15-2)17-12/h3-6H,1-2H3,(H,15,17). The number of aromatic nitrogens is 2. The number of nitrogens with one attached hydrogen (secondary N) is 1. The van der Waals surface area contributed by atoms with Crippen LogP contribution in [-0.4, -0.2) is 17.0 Å². The van der Waals surface area contributed by atoms with E-state index in [1.807, 2.05) is 6.92 Å². The van der Waals surface area contributed by atoms with Gasteiger partial charge in [-0.05, 0) is 25.1 Å². The number of hydrogen-bond acceptors (Lipinski definition) is 4. The maximum Gasteiger partial charge on any atom is 0.240 e. The third-order valence-corrected chi connectivity index (χ3v) is 2.86. The fourth-order valence-electron chi connectivity index (χ4n) is 1.38. The second-order valence-electron chi connectivity index (χ2n) is 3.54. The van der Waals surface area contributed by atoms with Gasteiger partial charge in [-0.15, -0.1) is 0 Å². The Kier molecular flexibility index (Phi) is 3.89. The number of rotatable bonds is 3. The lowest BCUT2D eigenvalue weighted by Crippen LogP contribution is -1.98. The minimum atomic E-state index is 0.293. The molecule has 0 aromatic carbocycles. The third kappa shape index (κ3) is 2.66. The van der Waals surface area contributed by atoms with E-state index in [1.54, 1.807) is 31.4 Å². The molecule has 4 nitrogen and oxygen atoms in total. The van der Waals surface area contributed by atoms with Crippen molar-refractivity contribution in [3.8, 4) is 11.6 Å². The molecule has 6 heteroatoms. The van der Waals surface area contributed by atoms with E-state index in [0.717, 1.165) is 5.69 Å². The van der Waals surface area contributed by atoms with Crippen LogP contribution in [0.15, 0.2) is 24.4 Å².